The third kappa shape index (κ3) is 8.62. The average molecular weight is 750 g/mol. The molecule has 0 unspecified atom stereocenters. The van der Waals surface area contributed by atoms with E-state index in [-0.39, 0.29) is 10.8 Å². The van der Waals surface area contributed by atoms with Gasteiger partial charge in [0.15, 0.2) is 0 Å². The minimum atomic E-state index is -2.42. The van der Waals surface area contributed by atoms with E-state index in [1.54, 1.807) is 0 Å². The van der Waals surface area contributed by atoms with Crippen molar-refractivity contribution in [2.75, 3.05) is 0 Å². The summed E-state index contributed by atoms with van der Waals surface area (Å²) in [4.78, 5) is 0. The molecule has 6 rings (SSSR count). The molecule has 1 aliphatic carbocycles. The van der Waals surface area contributed by atoms with E-state index in [1.807, 2.05) is 36.4 Å². The second-order valence-corrected chi connectivity index (χ2v) is 24.8. The van der Waals surface area contributed by atoms with Crippen LogP contribution in [0.25, 0.3) is 21.5 Å². The van der Waals surface area contributed by atoms with Crippen LogP contribution in [0.4, 0.5) is 0 Å². The zero-order valence-corrected chi connectivity index (χ0v) is 30.6. The Kier molecular flexibility index (Phi) is 11.1. The van der Waals surface area contributed by atoms with Gasteiger partial charge in [0, 0.05) is 0 Å². The first-order valence-electron chi connectivity index (χ1n) is 14.9. The molecule has 1 aliphatic rings. The zero-order valence-electron chi connectivity index (χ0n) is 25.5. The quantitative estimate of drug-likeness (QED) is 0.125. The van der Waals surface area contributed by atoms with Crippen LogP contribution in [0, 0.1) is 5.92 Å². The molecule has 0 amide bonds. The van der Waals surface area contributed by atoms with Crippen molar-refractivity contribution >= 4 is 42.0 Å². The summed E-state index contributed by atoms with van der Waals surface area (Å²) < 4.78 is 1.43. The first-order valence-corrected chi connectivity index (χ1v) is 25.6. The fourth-order valence-corrected chi connectivity index (χ4v) is 13.4. The maximum Gasteiger partial charge on any atom is -0.172 e. The van der Waals surface area contributed by atoms with Crippen LogP contribution in [0.5, 0.6) is 0 Å². The largest absolute Gasteiger partial charge is 0.214 e. The van der Waals surface area contributed by atoms with E-state index >= 15 is 0 Å². The molecule has 0 N–H and O–H groups in total. The van der Waals surface area contributed by atoms with Gasteiger partial charge in [0.2, 0.25) is 0 Å². The smallest absolute Gasteiger partial charge is 0.172 e. The van der Waals surface area contributed by atoms with Gasteiger partial charge in [-0.25, -0.2) is 12.1 Å². The molecule has 1 saturated carbocycles. The second kappa shape index (κ2) is 14.1. The summed E-state index contributed by atoms with van der Waals surface area (Å²) in [5.41, 5.74) is 4.52. The van der Waals surface area contributed by atoms with Crippen LogP contribution in [0.2, 0.25) is 0 Å². The van der Waals surface area contributed by atoms with Gasteiger partial charge < -0.3 is 0 Å². The molecule has 0 aromatic heterocycles. The summed E-state index contributed by atoms with van der Waals surface area (Å²) >= 11 is -2.42. The summed E-state index contributed by atoms with van der Waals surface area (Å²) in [5.74, 6) is 0.685. The van der Waals surface area contributed by atoms with Gasteiger partial charge >= 0.3 is 106 Å². The summed E-state index contributed by atoms with van der Waals surface area (Å²) in [6.07, 6.45) is 5.26. The number of rotatable bonds is 2. The molecule has 1 fully saturated rings. The molecule has 0 spiro atoms. The molecule has 0 atom stereocenters. The number of halogens is 2. The van der Waals surface area contributed by atoms with Gasteiger partial charge in [-0.3, -0.25) is 0 Å². The van der Waals surface area contributed by atoms with Crippen LogP contribution in [0.1, 0.15) is 83.9 Å². The number of hydrogen-bond donors (Lipinski definition) is 0. The van der Waals surface area contributed by atoms with Crippen molar-refractivity contribution in [2.45, 2.75) is 78.1 Å². The summed E-state index contributed by atoms with van der Waals surface area (Å²) in [5, 5.41) is 5.48. The maximum atomic E-state index is 6.30. The number of hydrogen-bond acceptors (Lipinski definition) is 0. The molecule has 0 saturated heterocycles. The Morgan fingerprint density at radius 1 is 0.683 bits per heavy atom. The van der Waals surface area contributed by atoms with Crippen LogP contribution in [-0.2, 0) is 29.4 Å². The van der Waals surface area contributed by atoms with Crippen LogP contribution in [0.3, 0.4) is 0 Å². The number of fused-ring (bicyclic) bond motifs is 3. The van der Waals surface area contributed by atoms with Crippen LogP contribution in [0.15, 0.2) is 103 Å². The molecular formula is C38H44Cl2Hf-2. The standard InChI is InChI=1S/C21H25.C12H14.C5H5.2ClH.Hf/c1-20(2,3)16-7-9-18-14(12-16)11-15-13-17(21(4,5)6)8-10-19(15)18;1-2-6-11(7-3-1)10-12-8-4-5-9-12;1-2-4-5-3-1;;;/h7-13H,1-6H3;1-3,6-7,12H,4-5,8-9H2;1-5H;2*1H;/q-1;;-1;;;+2/p-2. The van der Waals surface area contributed by atoms with Gasteiger partial charge in [-0.2, -0.15) is 18.2 Å². The Hall–Kier alpha value is -1.80. The van der Waals surface area contributed by atoms with Crippen molar-refractivity contribution in [1.29, 1.82) is 0 Å². The van der Waals surface area contributed by atoms with Crippen molar-refractivity contribution in [3.63, 3.8) is 0 Å². The van der Waals surface area contributed by atoms with Crippen LogP contribution >= 0.6 is 17.2 Å². The van der Waals surface area contributed by atoms with Gasteiger partial charge in [-0.05, 0) is 10.8 Å². The third-order valence-corrected chi connectivity index (χ3v) is 15.3. The Morgan fingerprint density at radius 3 is 1.56 bits per heavy atom. The Morgan fingerprint density at radius 2 is 1.17 bits per heavy atom. The minimum Gasteiger partial charge on any atom is -0.214 e. The fourth-order valence-electron chi connectivity index (χ4n) is 5.61. The number of benzene rings is 3. The predicted molar refractivity (Wildman–Crippen MR) is 181 cm³/mol. The normalized spacial score (nSPS) is 13.9. The molecule has 5 aromatic rings. The summed E-state index contributed by atoms with van der Waals surface area (Å²) in [7, 11) is 12.6. The summed E-state index contributed by atoms with van der Waals surface area (Å²) in [6.45, 7) is 13.6. The van der Waals surface area contributed by atoms with Crippen LogP contribution < -0.4 is 0 Å². The topological polar surface area (TPSA) is 0 Å². The Bertz CT molecular complexity index is 1460. The Labute approximate surface area is 262 Å². The van der Waals surface area contributed by atoms with Gasteiger partial charge in [0.1, 0.15) is 0 Å². The predicted octanol–water partition coefficient (Wildman–Crippen LogP) is 12.0. The van der Waals surface area contributed by atoms with E-state index < -0.39 is 18.6 Å². The third-order valence-electron chi connectivity index (χ3n) is 8.04. The molecule has 0 bridgehead atoms. The van der Waals surface area contributed by atoms with Gasteiger partial charge in [0.05, 0.1) is 0 Å². The monoisotopic (exact) mass is 750 g/mol. The van der Waals surface area contributed by atoms with E-state index in [0.29, 0.717) is 5.92 Å². The second-order valence-electron chi connectivity index (χ2n) is 13.2. The van der Waals surface area contributed by atoms with Crippen molar-refractivity contribution in [3.05, 3.63) is 120 Å². The molecule has 41 heavy (non-hydrogen) atoms. The van der Waals surface area contributed by atoms with Crippen molar-refractivity contribution in [3.8, 4) is 0 Å². The van der Waals surface area contributed by atoms with E-state index in [0.717, 1.165) is 0 Å². The molecular weight excluding hydrogens is 706 g/mol. The van der Waals surface area contributed by atoms with E-state index in [9.17, 15) is 0 Å². The van der Waals surface area contributed by atoms with Crippen molar-refractivity contribution < 1.29 is 18.6 Å². The van der Waals surface area contributed by atoms with E-state index in [4.69, 9.17) is 17.2 Å². The van der Waals surface area contributed by atoms with Crippen molar-refractivity contribution in [1.82, 2.24) is 0 Å². The molecule has 3 heteroatoms. The molecule has 5 aromatic carbocycles. The molecule has 0 radical (unpaired) electrons. The summed E-state index contributed by atoms with van der Waals surface area (Å²) in [6, 6.07) is 36.7. The average Bonchev–Trinajstić information content (AvgIpc) is 3.71. The first-order chi connectivity index (χ1) is 19.4. The maximum absolute atomic E-state index is 6.30. The van der Waals surface area contributed by atoms with Gasteiger partial charge in [-0.15, -0.1) is 39.7 Å². The molecule has 0 nitrogen and oxygen atoms in total. The van der Waals surface area contributed by atoms with Gasteiger partial charge in [-0.1, -0.05) is 76.9 Å². The van der Waals surface area contributed by atoms with E-state index in [1.165, 1.54) is 67.2 Å². The Balaban J connectivity index is 0.000000168. The van der Waals surface area contributed by atoms with Gasteiger partial charge in [0.25, 0.3) is 0 Å². The minimum absolute atomic E-state index is 0.203. The molecule has 0 heterocycles. The molecule has 216 valence electrons. The fraction of sp³-hybridized carbons (Fsp3) is 0.342. The molecule has 0 aliphatic heterocycles. The first kappa shape index (κ1) is 32.1. The zero-order chi connectivity index (χ0) is 29.6. The van der Waals surface area contributed by atoms with Crippen molar-refractivity contribution in [2.24, 2.45) is 5.92 Å². The van der Waals surface area contributed by atoms with Crippen LogP contribution in [-0.4, -0.2) is 3.26 Å². The SMILES string of the molecule is CC(C)(C)c1ccc2c(c1)[cH-]c1cc(C(C)(C)C)ccc12.[Cl][Hf]([Cl])=[C](c1ccccc1)C1CCCC1.c1cc[cH-]c1. The van der Waals surface area contributed by atoms with E-state index in [2.05, 4.69) is 108 Å².